The molecule has 0 aliphatic carbocycles. The van der Waals surface area contributed by atoms with Gasteiger partial charge in [0.15, 0.2) is 0 Å². The van der Waals surface area contributed by atoms with Crippen LogP contribution in [0.2, 0.25) is 0 Å². The molecule has 4 nitrogen and oxygen atoms in total. The van der Waals surface area contributed by atoms with Crippen LogP contribution in [0.25, 0.3) is 0 Å². The second kappa shape index (κ2) is 5.65. The summed E-state index contributed by atoms with van der Waals surface area (Å²) in [6, 6.07) is 8.60. The fourth-order valence-corrected chi connectivity index (χ4v) is 2.54. The third-order valence-electron chi connectivity index (χ3n) is 2.54. The lowest BCUT2D eigenvalue weighted by Gasteiger charge is -2.07. The van der Waals surface area contributed by atoms with Crippen molar-refractivity contribution in [3.63, 3.8) is 0 Å². The van der Waals surface area contributed by atoms with Gasteiger partial charge in [-0.2, -0.15) is 13.2 Å². The average Bonchev–Trinajstić information content (AvgIpc) is 2.37. The number of anilines is 1. The number of benzene rings is 2. The third-order valence-corrected chi connectivity index (χ3v) is 3.52. The number of halogens is 3. The second-order valence-corrected chi connectivity index (χ2v) is 5.29. The van der Waals surface area contributed by atoms with Gasteiger partial charge in [-0.3, -0.25) is 10.1 Å². The van der Waals surface area contributed by atoms with Gasteiger partial charge < -0.3 is 5.73 Å². The Labute approximate surface area is 121 Å². The fourth-order valence-electron chi connectivity index (χ4n) is 1.62. The van der Waals surface area contributed by atoms with E-state index in [-0.39, 0.29) is 11.4 Å². The molecule has 0 atom stereocenters. The zero-order valence-electron chi connectivity index (χ0n) is 10.4. The molecular weight excluding hydrogens is 305 g/mol. The predicted molar refractivity (Wildman–Crippen MR) is 73.1 cm³/mol. The molecule has 2 N–H and O–H groups in total. The number of hydrogen-bond donors (Lipinski definition) is 1. The van der Waals surface area contributed by atoms with Gasteiger partial charge in [0.05, 0.1) is 10.5 Å². The predicted octanol–water partition coefficient (Wildman–Crippen LogP) is 4.35. The zero-order valence-corrected chi connectivity index (χ0v) is 11.2. The standard InChI is InChI=1S/C13H9F3N2O2S/c14-13(15,16)8-1-3-11(4-2-8)21-12-6-9(17)5-10(7-12)18(19)20/h1-7H,17H2. The number of rotatable bonds is 3. The normalized spacial score (nSPS) is 11.4. The number of nitrogens with zero attached hydrogens (tertiary/aromatic N) is 1. The number of nitro groups is 1. The topological polar surface area (TPSA) is 69.2 Å². The van der Waals surface area contributed by atoms with Crippen LogP contribution in [0.5, 0.6) is 0 Å². The molecule has 0 saturated carbocycles. The molecule has 0 fully saturated rings. The molecule has 21 heavy (non-hydrogen) atoms. The molecule has 0 amide bonds. The van der Waals surface area contributed by atoms with Crippen LogP contribution in [0.4, 0.5) is 24.5 Å². The minimum absolute atomic E-state index is 0.163. The summed E-state index contributed by atoms with van der Waals surface area (Å²) in [4.78, 5) is 11.2. The lowest BCUT2D eigenvalue weighted by atomic mass is 10.2. The maximum Gasteiger partial charge on any atom is 0.416 e. The highest BCUT2D eigenvalue weighted by Gasteiger charge is 2.29. The maximum atomic E-state index is 12.4. The zero-order chi connectivity index (χ0) is 15.6. The van der Waals surface area contributed by atoms with E-state index in [4.69, 9.17) is 5.73 Å². The van der Waals surface area contributed by atoms with Gasteiger partial charge in [-0.05, 0) is 30.3 Å². The average molecular weight is 314 g/mol. The molecular formula is C13H9F3N2O2S. The van der Waals surface area contributed by atoms with E-state index in [9.17, 15) is 23.3 Å². The van der Waals surface area contributed by atoms with Crippen molar-refractivity contribution in [1.82, 2.24) is 0 Å². The van der Waals surface area contributed by atoms with E-state index >= 15 is 0 Å². The second-order valence-electron chi connectivity index (χ2n) is 4.14. The van der Waals surface area contributed by atoms with Crippen LogP contribution in [0, 0.1) is 10.1 Å². The Balaban J connectivity index is 2.24. The van der Waals surface area contributed by atoms with Gasteiger partial charge >= 0.3 is 6.18 Å². The minimum Gasteiger partial charge on any atom is -0.398 e. The van der Waals surface area contributed by atoms with Crippen molar-refractivity contribution in [3.05, 3.63) is 58.1 Å². The highest BCUT2D eigenvalue weighted by molar-refractivity contribution is 7.99. The fraction of sp³-hybridized carbons (Fsp3) is 0.0769. The molecule has 0 aliphatic rings. The summed E-state index contributed by atoms with van der Waals surface area (Å²) < 4.78 is 37.3. The van der Waals surface area contributed by atoms with Crippen LogP contribution in [-0.2, 0) is 6.18 Å². The number of alkyl halides is 3. The summed E-state index contributed by atoms with van der Waals surface area (Å²) in [7, 11) is 0. The minimum atomic E-state index is -4.39. The quantitative estimate of drug-likeness (QED) is 0.519. The first kappa shape index (κ1) is 15.2. The molecule has 8 heteroatoms. The van der Waals surface area contributed by atoms with Crippen LogP contribution < -0.4 is 5.73 Å². The number of nitrogens with two attached hydrogens (primary N) is 1. The summed E-state index contributed by atoms with van der Waals surface area (Å²) in [5.74, 6) is 0. The Kier molecular flexibility index (Phi) is 4.08. The smallest absolute Gasteiger partial charge is 0.398 e. The Hall–Kier alpha value is -2.22. The van der Waals surface area contributed by atoms with Crippen molar-refractivity contribution < 1.29 is 18.1 Å². The summed E-state index contributed by atoms with van der Waals surface area (Å²) in [6.45, 7) is 0. The van der Waals surface area contributed by atoms with E-state index in [1.54, 1.807) is 0 Å². The van der Waals surface area contributed by atoms with Gasteiger partial charge in [-0.1, -0.05) is 11.8 Å². The Bertz CT molecular complexity index is 672. The first-order chi connectivity index (χ1) is 9.75. The van der Waals surface area contributed by atoms with Crippen LogP contribution in [0.15, 0.2) is 52.3 Å². The molecule has 110 valence electrons. The Morgan fingerprint density at radius 3 is 2.19 bits per heavy atom. The van der Waals surface area contributed by atoms with E-state index in [1.807, 2.05) is 0 Å². The van der Waals surface area contributed by atoms with Gasteiger partial charge in [0.2, 0.25) is 0 Å². The summed E-state index contributed by atoms with van der Waals surface area (Å²) in [6.07, 6.45) is -4.39. The van der Waals surface area contributed by atoms with Crippen molar-refractivity contribution in [2.75, 3.05) is 5.73 Å². The Morgan fingerprint density at radius 1 is 1.05 bits per heavy atom. The number of nitro benzene ring substituents is 1. The Morgan fingerprint density at radius 2 is 1.67 bits per heavy atom. The molecule has 0 aromatic heterocycles. The van der Waals surface area contributed by atoms with Gasteiger partial charge in [0.25, 0.3) is 5.69 Å². The van der Waals surface area contributed by atoms with Gasteiger partial charge in [0.1, 0.15) is 0 Å². The van der Waals surface area contributed by atoms with E-state index in [0.717, 1.165) is 23.9 Å². The van der Waals surface area contributed by atoms with Gasteiger partial charge in [0, 0.05) is 27.6 Å². The van der Waals surface area contributed by atoms with E-state index in [2.05, 4.69) is 0 Å². The molecule has 0 aliphatic heterocycles. The number of non-ortho nitro benzene ring substituents is 1. The maximum absolute atomic E-state index is 12.4. The van der Waals surface area contributed by atoms with Crippen molar-refractivity contribution in [2.24, 2.45) is 0 Å². The third kappa shape index (κ3) is 3.88. The molecule has 2 aromatic rings. The molecule has 0 heterocycles. The SMILES string of the molecule is Nc1cc(Sc2ccc(C(F)(F)F)cc2)cc([N+](=O)[O-])c1. The van der Waals surface area contributed by atoms with E-state index in [0.29, 0.717) is 9.79 Å². The highest BCUT2D eigenvalue weighted by Crippen LogP contribution is 2.34. The summed E-state index contributed by atoms with van der Waals surface area (Å²) in [5.41, 5.74) is 4.88. The molecule has 0 spiro atoms. The van der Waals surface area contributed by atoms with Crippen molar-refractivity contribution in [2.45, 2.75) is 16.0 Å². The monoisotopic (exact) mass is 314 g/mol. The summed E-state index contributed by atoms with van der Waals surface area (Å²) >= 11 is 1.10. The highest BCUT2D eigenvalue weighted by atomic mass is 32.2. The van der Waals surface area contributed by atoms with Crippen molar-refractivity contribution >= 4 is 23.1 Å². The van der Waals surface area contributed by atoms with Gasteiger partial charge in [-0.25, -0.2) is 0 Å². The van der Waals surface area contributed by atoms with Crippen LogP contribution >= 0.6 is 11.8 Å². The lowest BCUT2D eigenvalue weighted by molar-refractivity contribution is -0.385. The van der Waals surface area contributed by atoms with Crippen molar-refractivity contribution in [1.29, 1.82) is 0 Å². The largest absolute Gasteiger partial charge is 0.416 e. The first-order valence-corrected chi connectivity index (χ1v) is 6.47. The van der Waals surface area contributed by atoms with E-state index < -0.39 is 16.7 Å². The van der Waals surface area contributed by atoms with Gasteiger partial charge in [-0.15, -0.1) is 0 Å². The number of hydrogen-bond acceptors (Lipinski definition) is 4. The van der Waals surface area contributed by atoms with Crippen molar-refractivity contribution in [3.8, 4) is 0 Å². The molecule has 0 bridgehead atoms. The first-order valence-electron chi connectivity index (χ1n) is 5.66. The molecule has 0 unspecified atom stereocenters. The van der Waals surface area contributed by atoms with Crippen LogP contribution in [0.3, 0.4) is 0 Å². The van der Waals surface area contributed by atoms with E-state index in [1.165, 1.54) is 30.3 Å². The molecule has 2 rings (SSSR count). The summed E-state index contributed by atoms with van der Waals surface area (Å²) in [5, 5.41) is 10.7. The molecule has 2 aromatic carbocycles. The number of nitrogen functional groups attached to an aromatic ring is 1. The van der Waals surface area contributed by atoms with Crippen LogP contribution in [-0.4, -0.2) is 4.92 Å². The molecule has 0 radical (unpaired) electrons. The lowest BCUT2D eigenvalue weighted by Crippen LogP contribution is -2.03. The van der Waals surface area contributed by atoms with Crippen LogP contribution in [0.1, 0.15) is 5.56 Å². The molecule has 0 saturated heterocycles.